The van der Waals surface area contributed by atoms with Crippen molar-refractivity contribution in [3.63, 3.8) is 0 Å². The summed E-state index contributed by atoms with van der Waals surface area (Å²) < 4.78 is 0. The molecule has 3 rings (SSSR count). The predicted octanol–water partition coefficient (Wildman–Crippen LogP) is 8.16. The van der Waals surface area contributed by atoms with E-state index in [1.165, 1.54) is 16.7 Å². The van der Waals surface area contributed by atoms with Gasteiger partial charge in [0.15, 0.2) is 0 Å². The highest BCUT2D eigenvalue weighted by molar-refractivity contribution is 5.49. The van der Waals surface area contributed by atoms with E-state index in [0.29, 0.717) is 0 Å². The summed E-state index contributed by atoms with van der Waals surface area (Å²) in [5.74, 6) is 0. The molecule has 0 N–H and O–H groups in total. The topological polar surface area (TPSA) is 0 Å². The van der Waals surface area contributed by atoms with Crippen molar-refractivity contribution in [2.75, 3.05) is 0 Å². The Morgan fingerprint density at radius 1 is 0.370 bits per heavy atom. The molecule has 0 aliphatic carbocycles. The Kier molecular flexibility index (Phi) is 12.3. The van der Waals surface area contributed by atoms with Crippen LogP contribution in [0.25, 0.3) is 18.2 Å². The molecule has 0 amide bonds. The smallest absolute Gasteiger partial charge is 0.0260 e. The minimum atomic E-state index is 1.26. The molecule has 0 aliphatic heterocycles. The Balaban J connectivity index is 0.000000202. The summed E-state index contributed by atoms with van der Waals surface area (Å²) in [6.45, 7) is 6.06. The van der Waals surface area contributed by atoms with Crippen LogP contribution < -0.4 is 0 Å². The molecular weight excluding hydrogens is 324 g/mol. The maximum atomic E-state index is 2.08. The third kappa shape index (κ3) is 11.2. The van der Waals surface area contributed by atoms with Crippen LogP contribution in [0.15, 0.2) is 109 Å². The second-order valence-electron chi connectivity index (χ2n) is 5.73. The molecule has 0 bridgehead atoms. The normalized spacial score (nSPS) is 10.3. The molecule has 0 radical (unpaired) electrons. The molecular formula is C27H30. The van der Waals surface area contributed by atoms with Crippen molar-refractivity contribution >= 4 is 18.2 Å². The van der Waals surface area contributed by atoms with Gasteiger partial charge in [-0.2, -0.15) is 0 Å². The fraction of sp³-hybridized carbons (Fsp3) is 0.111. The van der Waals surface area contributed by atoms with E-state index < -0.39 is 0 Å². The van der Waals surface area contributed by atoms with Gasteiger partial charge in [-0.05, 0) is 37.5 Å². The summed E-state index contributed by atoms with van der Waals surface area (Å²) in [5, 5.41) is 0. The molecule has 0 aliphatic rings. The largest absolute Gasteiger partial charge is 0.0871 e. The van der Waals surface area contributed by atoms with Crippen LogP contribution in [0.4, 0.5) is 0 Å². The van der Waals surface area contributed by atoms with E-state index in [0.717, 1.165) is 0 Å². The van der Waals surface area contributed by atoms with Crippen LogP contribution in [0, 0.1) is 0 Å². The van der Waals surface area contributed by atoms with Crippen molar-refractivity contribution < 1.29 is 0 Å². The molecule has 0 fully saturated rings. The molecule has 0 unspecified atom stereocenters. The Morgan fingerprint density at radius 2 is 0.593 bits per heavy atom. The summed E-state index contributed by atoms with van der Waals surface area (Å²) in [7, 11) is 0. The van der Waals surface area contributed by atoms with Crippen LogP contribution in [-0.4, -0.2) is 0 Å². The first-order valence-corrected chi connectivity index (χ1v) is 9.33. The van der Waals surface area contributed by atoms with Gasteiger partial charge < -0.3 is 0 Å². The van der Waals surface area contributed by atoms with Crippen LogP contribution in [0.2, 0.25) is 0 Å². The van der Waals surface area contributed by atoms with Crippen molar-refractivity contribution in [3.05, 3.63) is 126 Å². The average molecular weight is 355 g/mol. The van der Waals surface area contributed by atoms with Gasteiger partial charge in [-0.1, -0.05) is 127 Å². The van der Waals surface area contributed by atoms with Gasteiger partial charge in [-0.25, -0.2) is 0 Å². The van der Waals surface area contributed by atoms with Gasteiger partial charge in [0.2, 0.25) is 0 Å². The van der Waals surface area contributed by atoms with Gasteiger partial charge in [-0.15, -0.1) is 0 Å². The van der Waals surface area contributed by atoms with Crippen LogP contribution in [-0.2, 0) is 0 Å². The highest BCUT2D eigenvalue weighted by Crippen LogP contribution is 2.00. The number of rotatable bonds is 3. The van der Waals surface area contributed by atoms with Gasteiger partial charge in [0.1, 0.15) is 0 Å². The summed E-state index contributed by atoms with van der Waals surface area (Å²) in [6.07, 6.45) is 12.4. The van der Waals surface area contributed by atoms with E-state index in [1.54, 1.807) is 0 Å². The SMILES string of the molecule is CC=Cc1ccccc1.CC=Cc1ccccc1.CC=Cc1ccccc1. The molecule has 138 valence electrons. The third-order valence-corrected chi connectivity index (χ3v) is 3.48. The second kappa shape index (κ2) is 15.2. The first-order chi connectivity index (χ1) is 13.3. The van der Waals surface area contributed by atoms with Gasteiger partial charge in [-0.3, -0.25) is 0 Å². The molecule has 27 heavy (non-hydrogen) atoms. The average Bonchev–Trinajstić information content (AvgIpc) is 2.72. The second-order valence-corrected chi connectivity index (χ2v) is 5.73. The molecule has 0 heteroatoms. The Labute approximate surface area is 165 Å². The molecule has 0 atom stereocenters. The van der Waals surface area contributed by atoms with Crippen LogP contribution in [0.3, 0.4) is 0 Å². The van der Waals surface area contributed by atoms with Crippen LogP contribution in [0.5, 0.6) is 0 Å². The van der Waals surface area contributed by atoms with Gasteiger partial charge in [0.25, 0.3) is 0 Å². The first-order valence-electron chi connectivity index (χ1n) is 9.33. The molecule has 0 aromatic heterocycles. The Bertz CT molecular complexity index is 666. The summed E-state index contributed by atoms with van der Waals surface area (Å²) in [6, 6.07) is 30.8. The Hall–Kier alpha value is -3.12. The minimum absolute atomic E-state index is 1.26. The standard InChI is InChI=1S/3C9H10/c3*1-2-6-9-7-4-3-5-8-9/h3*2-8H,1H3. The van der Waals surface area contributed by atoms with E-state index in [9.17, 15) is 0 Å². The van der Waals surface area contributed by atoms with E-state index in [1.807, 2.05) is 93.6 Å². The molecule has 0 spiro atoms. The van der Waals surface area contributed by atoms with Crippen molar-refractivity contribution in [1.29, 1.82) is 0 Å². The maximum absolute atomic E-state index is 2.08. The monoisotopic (exact) mass is 354 g/mol. The number of benzene rings is 3. The summed E-state index contributed by atoms with van der Waals surface area (Å²) in [5.41, 5.74) is 3.79. The molecule has 0 saturated heterocycles. The van der Waals surface area contributed by atoms with E-state index in [4.69, 9.17) is 0 Å². The molecule has 0 heterocycles. The van der Waals surface area contributed by atoms with Crippen LogP contribution in [0.1, 0.15) is 37.5 Å². The summed E-state index contributed by atoms with van der Waals surface area (Å²) >= 11 is 0. The van der Waals surface area contributed by atoms with Gasteiger partial charge >= 0.3 is 0 Å². The van der Waals surface area contributed by atoms with Crippen molar-refractivity contribution in [2.45, 2.75) is 20.8 Å². The number of hydrogen-bond acceptors (Lipinski definition) is 0. The fourth-order valence-electron chi connectivity index (χ4n) is 2.27. The lowest BCUT2D eigenvalue weighted by molar-refractivity contribution is 1.64. The Morgan fingerprint density at radius 3 is 0.778 bits per heavy atom. The van der Waals surface area contributed by atoms with Crippen molar-refractivity contribution in [3.8, 4) is 0 Å². The zero-order chi connectivity index (χ0) is 19.6. The lowest BCUT2D eigenvalue weighted by Crippen LogP contribution is -1.65. The van der Waals surface area contributed by atoms with E-state index in [2.05, 4.69) is 54.6 Å². The van der Waals surface area contributed by atoms with Gasteiger partial charge in [0.05, 0.1) is 0 Å². The number of allylic oxidation sites excluding steroid dienone is 3. The maximum Gasteiger partial charge on any atom is -0.0260 e. The highest BCUT2D eigenvalue weighted by Gasteiger charge is 1.79. The lowest BCUT2D eigenvalue weighted by atomic mass is 10.2. The predicted molar refractivity (Wildman–Crippen MR) is 123 cm³/mol. The lowest BCUT2D eigenvalue weighted by Gasteiger charge is -1.86. The van der Waals surface area contributed by atoms with Crippen molar-refractivity contribution in [1.82, 2.24) is 0 Å². The summed E-state index contributed by atoms with van der Waals surface area (Å²) in [4.78, 5) is 0. The van der Waals surface area contributed by atoms with Crippen molar-refractivity contribution in [2.24, 2.45) is 0 Å². The van der Waals surface area contributed by atoms with Gasteiger partial charge in [0, 0.05) is 0 Å². The third-order valence-electron chi connectivity index (χ3n) is 3.48. The molecule has 3 aromatic rings. The first kappa shape index (κ1) is 21.9. The molecule has 0 saturated carbocycles. The highest BCUT2D eigenvalue weighted by atomic mass is 13.8. The minimum Gasteiger partial charge on any atom is -0.0871 e. The molecule has 3 aromatic carbocycles. The zero-order valence-corrected chi connectivity index (χ0v) is 16.6. The zero-order valence-electron chi connectivity index (χ0n) is 16.6. The quantitative estimate of drug-likeness (QED) is 0.445. The fourth-order valence-corrected chi connectivity index (χ4v) is 2.27. The van der Waals surface area contributed by atoms with E-state index in [-0.39, 0.29) is 0 Å². The molecule has 0 nitrogen and oxygen atoms in total. The number of hydrogen-bond donors (Lipinski definition) is 0. The van der Waals surface area contributed by atoms with E-state index >= 15 is 0 Å². The van der Waals surface area contributed by atoms with Crippen LogP contribution >= 0.6 is 0 Å².